The van der Waals surface area contributed by atoms with E-state index in [0.29, 0.717) is 23.3 Å². The Balaban J connectivity index is 1.72. The molecule has 1 aliphatic carbocycles. The fraction of sp³-hybridized carbons (Fsp3) is 0.765. The van der Waals surface area contributed by atoms with Gasteiger partial charge in [-0.05, 0) is 20.3 Å². The summed E-state index contributed by atoms with van der Waals surface area (Å²) in [6.07, 6.45) is 0.353. The Kier molecular flexibility index (Phi) is 5.88. The Hall–Kier alpha value is -1.24. The van der Waals surface area contributed by atoms with Crippen LogP contribution in [0, 0.1) is 0 Å². The number of nitrogens with zero attached hydrogens (tertiary/aromatic N) is 5. The first-order chi connectivity index (χ1) is 13.8. The normalized spacial score (nSPS) is 29.4. The van der Waals surface area contributed by atoms with Crippen LogP contribution in [-0.4, -0.2) is 77.3 Å². The molecule has 2 aromatic heterocycles. The van der Waals surface area contributed by atoms with Crippen molar-refractivity contribution in [2.75, 3.05) is 19.0 Å². The van der Waals surface area contributed by atoms with Crippen LogP contribution in [0.15, 0.2) is 5.16 Å². The molecule has 1 N–H and O–H groups in total. The number of fused-ring (bicyclic) bond motifs is 2. The Bertz CT molecular complexity index is 925. The van der Waals surface area contributed by atoms with Gasteiger partial charge in [0.15, 0.2) is 22.1 Å². The van der Waals surface area contributed by atoms with Crippen LogP contribution in [0.5, 0.6) is 0 Å². The predicted octanol–water partition coefficient (Wildman–Crippen LogP) is 1.23. The van der Waals surface area contributed by atoms with Gasteiger partial charge in [-0.15, -0.1) is 5.10 Å². The molecule has 160 valence electrons. The summed E-state index contributed by atoms with van der Waals surface area (Å²) in [4.78, 5) is 8.60. The summed E-state index contributed by atoms with van der Waals surface area (Å²) in [6, 6.07) is -0.270. The van der Waals surface area contributed by atoms with Crippen LogP contribution in [0.1, 0.15) is 39.7 Å². The molecule has 1 saturated heterocycles. The molecule has 1 aliphatic heterocycles. The summed E-state index contributed by atoms with van der Waals surface area (Å²) >= 11 is 6.27. The average Bonchev–Trinajstić information content (AvgIpc) is 3.31. The summed E-state index contributed by atoms with van der Waals surface area (Å²) in [5.74, 6) is -0.328. The van der Waals surface area contributed by atoms with Crippen molar-refractivity contribution in [3.8, 4) is 0 Å². The van der Waals surface area contributed by atoms with Crippen molar-refractivity contribution in [1.29, 1.82) is 0 Å². The summed E-state index contributed by atoms with van der Waals surface area (Å²) < 4.78 is 32.0. The van der Waals surface area contributed by atoms with Gasteiger partial charge in [0, 0.05) is 12.2 Å². The number of hydrogen-bond acceptors (Lipinski definition) is 9. The standard InChI is InChI=1S/C17H24ClN5O5S/c1-4-7-29(25)16-19-14(18)11-15(20-16)23(22-21-11)9-8-10(26-6-5-24)13-12(9)27-17(2,3)28-13/h9-10,12-13,24H,4-8H2,1-3H3. The van der Waals surface area contributed by atoms with E-state index in [-0.39, 0.29) is 47.9 Å². The Labute approximate surface area is 175 Å². The summed E-state index contributed by atoms with van der Waals surface area (Å²) in [6.45, 7) is 5.75. The second-order valence-electron chi connectivity index (χ2n) is 7.55. The van der Waals surface area contributed by atoms with Crippen molar-refractivity contribution in [3.05, 3.63) is 5.15 Å². The van der Waals surface area contributed by atoms with E-state index in [4.69, 9.17) is 30.9 Å². The summed E-state index contributed by atoms with van der Waals surface area (Å²) in [5.41, 5.74) is 0.752. The second-order valence-corrected chi connectivity index (χ2v) is 9.38. The molecule has 0 amide bonds. The monoisotopic (exact) mass is 445 g/mol. The van der Waals surface area contributed by atoms with Gasteiger partial charge >= 0.3 is 0 Å². The molecule has 0 radical (unpaired) electrons. The molecule has 0 aromatic carbocycles. The fourth-order valence-corrected chi connectivity index (χ4v) is 5.08. The second kappa shape index (κ2) is 8.12. The van der Waals surface area contributed by atoms with Gasteiger partial charge in [0.25, 0.3) is 0 Å². The molecule has 0 bridgehead atoms. The third kappa shape index (κ3) is 3.91. The van der Waals surface area contributed by atoms with Gasteiger partial charge in [-0.25, -0.2) is 9.67 Å². The molecular formula is C17H24ClN5O5S. The van der Waals surface area contributed by atoms with Crippen LogP contribution in [0.3, 0.4) is 0 Å². The van der Waals surface area contributed by atoms with E-state index >= 15 is 0 Å². The number of ether oxygens (including phenoxy) is 3. The van der Waals surface area contributed by atoms with Gasteiger partial charge in [0.1, 0.15) is 12.2 Å². The zero-order valence-electron chi connectivity index (χ0n) is 16.4. The third-order valence-electron chi connectivity index (χ3n) is 4.97. The van der Waals surface area contributed by atoms with Gasteiger partial charge in [-0.1, -0.05) is 23.7 Å². The van der Waals surface area contributed by atoms with E-state index < -0.39 is 16.6 Å². The highest BCUT2D eigenvalue weighted by molar-refractivity contribution is 7.84. The highest BCUT2D eigenvalue weighted by Gasteiger charge is 2.56. The largest absolute Gasteiger partial charge is 0.394 e. The van der Waals surface area contributed by atoms with Crippen molar-refractivity contribution in [3.63, 3.8) is 0 Å². The maximum absolute atomic E-state index is 12.4. The van der Waals surface area contributed by atoms with Crippen LogP contribution in [0.4, 0.5) is 0 Å². The maximum atomic E-state index is 12.4. The van der Waals surface area contributed by atoms with Crippen molar-refractivity contribution < 1.29 is 23.5 Å². The zero-order chi connectivity index (χ0) is 20.8. The van der Waals surface area contributed by atoms with E-state index in [0.717, 1.165) is 6.42 Å². The lowest BCUT2D eigenvalue weighted by Gasteiger charge is -2.23. The number of hydrogen-bond donors (Lipinski definition) is 1. The lowest BCUT2D eigenvalue weighted by molar-refractivity contribution is -0.171. The average molecular weight is 446 g/mol. The lowest BCUT2D eigenvalue weighted by Crippen LogP contribution is -2.31. The maximum Gasteiger partial charge on any atom is 0.222 e. The molecule has 12 heteroatoms. The minimum absolute atomic E-state index is 0.0789. The van der Waals surface area contributed by atoms with E-state index in [1.54, 1.807) is 4.68 Å². The van der Waals surface area contributed by atoms with E-state index in [1.807, 2.05) is 20.8 Å². The van der Waals surface area contributed by atoms with Crippen molar-refractivity contribution in [2.45, 2.75) is 68.9 Å². The Morgan fingerprint density at radius 3 is 2.83 bits per heavy atom. The molecule has 5 unspecified atom stereocenters. The van der Waals surface area contributed by atoms with Gasteiger partial charge in [0.05, 0.1) is 36.2 Å². The first-order valence-corrected chi connectivity index (χ1v) is 11.3. The number of aliphatic hydroxyl groups is 1. The molecule has 0 spiro atoms. The molecule has 2 fully saturated rings. The van der Waals surface area contributed by atoms with Gasteiger partial charge in [0.2, 0.25) is 5.16 Å². The van der Waals surface area contributed by atoms with E-state index in [2.05, 4.69) is 20.3 Å². The number of rotatable bonds is 7. The predicted molar refractivity (Wildman–Crippen MR) is 104 cm³/mol. The van der Waals surface area contributed by atoms with Crippen molar-refractivity contribution in [1.82, 2.24) is 25.0 Å². The number of aliphatic hydroxyl groups excluding tert-OH is 1. The van der Waals surface area contributed by atoms with Crippen LogP contribution in [0.2, 0.25) is 5.15 Å². The smallest absolute Gasteiger partial charge is 0.222 e. The molecule has 29 heavy (non-hydrogen) atoms. The minimum Gasteiger partial charge on any atom is -0.394 e. The van der Waals surface area contributed by atoms with Crippen LogP contribution >= 0.6 is 11.6 Å². The molecule has 4 rings (SSSR count). The summed E-state index contributed by atoms with van der Waals surface area (Å²) in [5, 5.41) is 17.8. The Morgan fingerprint density at radius 2 is 2.10 bits per heavy atom. The van der Waals surface area contributed by atoms with Gasteiger partial charge < -0.3 is 19.3 Å². The quantitative estimate of drug-likeness (QED) is 0.495. The topological polar surface area (TPSA) is 121 Å². The number of halogens is 1. The highest BCUT2D eigenvalue weighted by Crippen LogP contribution is 2.45. The molecule has 3 heterocycles. The van der Waals surface area contributed by atoms with Crippen LogP contribution < -0.4 is 0 Å². The summed E-state index contributed by atoms with van der Waals surface area (Å²) in [7, 11) is -1.36. The van der Waals surface area contributed by atoms with Crippen molar-refractivity contribution >= 4 is 33.6 Å². The molecule has 5 atom stereocenters. The SMILES string of the molecule is CCCS(=O)c1nc(Cl)c2nnn(C3CC(OCCO)C4OC(C)(C)OC43)c2n1. The molecule has 1 saturated carbocycles. The highest BCUT2D eigenvalue weighted by atomic mass is 35.5. The Morgan fingerprint density at radius 1 is 1.34 bits per heavy atom. The first-order valence-electron chi connectivity index (χ1n) is 9.59. The molecular weight excluding hydrogens is 422 g/mol. The lowest BCUT2D eigenvalue weighted by atomic mass is 10.2. The first kappa shape index (κ1) is 21.0. The van der Waals surface area contributed by atoms with Crippen LogP contribution in [0.25, 0.3) is 11.2 Å². The van der Waals surface area contributed by atoms with Gasteiger partial charge in [-0.2, -0.15) is 4.98 Å². The molecule has 2 aromatic rings. The number of aromatic nitrogens is 5. The van der Waals surface area contributed by atoms with Gasteiger partial charge in [-0.3, -0.25) is 4.21 Å². The fourth-order valence-electron chi connectivity index (χ4n) is 3.90. The zero-order valence-corrected chi connectivity index (χ0v) is 18.0. The van der Waals surface area contributed by atoms with Crippen molar-refractivity contribution in [2.24, 2.45) is 0 Å². The van der Waals surface area contributed by atoms with Crippen LogP contribution in [-0.2, 0) is 25.0 Å². The molecule has 2 aliphatic rings. The third-order valence-corrected chi connectivity index (χ3v) is 6.61. The van der Waals surface area contributed by atoms with E-state index in [9.17, 15) is 4.21 Å². The minimum atomic E-state index is -1.36. The molecule has 10 nitrogen and oxygen atoms in total. The van der Waals surface area contributed by atoms with E-state index in [1.165, 1.54) is 0 Å².